The lowest BCUT2D eigenvalue weighted by Crippen LogP contribution is -2.51. The summed E-state index contributed by atoms with van der Waals surface area (Å²) in [7, 11) is 0. The number of hydrogen-bond acceptors (Lipinski definition) is 3. The van der Waals surface area contributed by atoms with Crippen LogP contribution in [0.3, 0.4) is 0 Å². The first-order chi connectivity index (χ1) is 9.79. The van der Waals surface area contributed by atoms with Crippen LogP contribution in [-0.2, 0) is 11.3 Å². The molecule has 0 bridgehead atoms. The molecule has 20 heavy (non-hydrogen) atoms. The molecule has 0 saturated carbocycles. The van der Waals surface area contributed by atoms with Crippen LogP contribution in [0.2, 0.25) is 0 Å². The predicted molar refractivity (Wildman–Crippen MR) is 79.6 cm³/mol. The van der Waals surface area contributed by atoms with Crippen LogP contribution in [0.4, 0.5) is 0 Å². The third-order valence-electron chi connectivity index (χ3n) is 4.52. The number of piperazine rings is 1. The summed E-state index contributed by atoms with van der Waals surface area (Å²) in [5, 5.41) is 3.37. The molecular weight excluding hydrogens is 250 g/mol. The molecule has 0 spiro atoms. The van der Waals surface area contributed by atoms with Gasteiger partial charge in [0.15, 0.2) is 0 Å². The molecule has 1 amide bonds. The van der Waals surface area contributed by atoms with Gasteiger partial charge in [-0.15, -0.1) is 0 Å². The third kappa shape index (κ3) is 2.58. The van der Waals surface area contributed by atoms with E-state index in [4.69, 9.17) is 0 Å². The summed E-state index contributed by atoms with van der Waals surface area (Å²) in [6, 6.07) is 8.32. The molecule has 0 aromatic heterocycles. The number of hydrogen-bond donors (Lipinski definition) is 1. The maximum Gasteiger partial charge on any atom is 0.231 e. The fourth-order valence-electron chi connectivity index (χ4n) is 3.22. The number of amides is 1. The Morgan fingerprint density at radius 2 is 2.00 bits per heavy atom. The van der Waals surface area contributed by atoms with Gasteiger partial charge in [-0.05, 0) is 17.7 Å². The number of fused-ring (bicyclic) bond motifs is 1. The van der Waals surface area contributed by atoms with Crippen molar-refractivity contribution in [2.75, 3.05) is 39.3 Å². The monoisotopic (exact) mass is 273 g/mol. The first kappa shape index (κ1) is 13.6. The molecule has 2 heterocycles. The topological polar surface area (TPSA) is 35.6 Å². The molecule has 2 aliphatic rings. The average Bonchev–Trinajstić information content (AvgIpc) is 2.54. The summed E-state index contributed by atoms with van der Waals surface area (Å²) >= 11 is 0. The molecule has 4 heteroatoms. The van der Waals surface area contributed by atoms with Gasteiger partial charge in [0, 0.05) is 39.3 Å². The molecule has 0 radical (unpaired) electrons. The van der Waals surface area contributed by atoms with Crippen LogP contribution in [0.1, 0.15) is 24.0 Å². The number of carbonyl (C=O) groups excluding carboxylic acids is 1. The van der Waals surface area contributed by atoms with E-state index in [1.165, 1.54) is 11.1 Å². The van der Waals surface area contributed by atoms with Crippen LogP contribution < -0.4 is 5.32 Å². The van der Waals surface area contributed by atoms with Crippen LogP contribution in [-0.4, -0.2) is 55.0 Å². The van der Waals surface area contributed by atoms with Gasteiger partial charge in [0.2, 0.25) is 5.91 Å². The summed E-state index contributed by atoms with van der Waals surface area (Å²) < 4.78 is 0. The average molecular weight is 273 g/mol. The normalized spacial score (nSPS) is 23.4. The molecule has 1 unspecified atom stereocenters. The van der Waals surface area contributed by atoms with Gasteiger partial charge in [-0.1, -0.05) is 31.2 Å². The minimum atomic E-state index is -0.00636. The van der Waals surface area contributed by atoms with E-state index in [0.717, 1.165) is 45.8 Å². The quantitative estimate of drug-likeness (QED) is 0.874. The van der Waals surface area contributed by atoms with Crippen LogP contribution in [0.15, 0.2) is 24.3 Å². The van der Waals surface area contributed by atoms with Crippen molar-refractivity contribution in [1.29, 1.82) is 0 Å². The highest BCUT2D eigenvalue weighted by Crippen LogP contribution is 2.26. The van der Waals surface area contributed by atoms with E-state index >= 15 is 0 Å². The Bertz CT molecular complexity index is 480. The molecule has 2 aliphatic heterocycles. The van der Waals surface area contributed by atoms with Gasteiger partial charge < -0.3 is 15.1 Å². The van der Waals surface area contributed by atoms with Crippen molar-refractivity contribution in [3.63, 3.8) is 0 Å². The Balaban J connectivity index is 1.72. The van der Waals surface area contributed by atoms with E-state index < -0.39 is 0 Å². The lowest BCUT2D eigenvalue weighted by molar-refractivity contribution is -0.134. The van der Waals surface area contributed by atoms with E-state index in [0.29, 0.717) is 5.91 Å². The maximum atomic E-state index is 12.8. The zero-order valence-corrected chi connectivity index (χ0v) is 12.1. The fraction of sp³-hybridized carbons (Fsp3) is 0.562. The highest BCUT2D eigenvalue weighted by molar-refractivity contribution is 5.85. The second-order valence-electron chi connectivity index (χ2n) is 5.64. The summed E-state index contributed by atoms with van der Waals surface area (Å²) in [5.74, 6) is 0.286. The molecule has 1 N–H and O–H groups in total. The molecule has 4 nitrogen and oxygen atoms in total. The Kier molecular flexibility index (Phi) is 4.03. The van der Waals surface area contributed by atoms with E-state index in [9.17, 15) is 4.79 Å². The van der Waals surface area contributed by atoms with Crippen LogP contribution in [0.25, 0.3) is 0 Å². The summed E-state index contributed by atoms with van der Waals surface area (Å²) in [6.07, 6.45) is 0. The smallest absolute Gasteiger partial charge is 0.231 e. The van der Waals surface area contributed by atoms with Crippen LogP contribution in [0, 0.1) is 0 Å². The third-order valence-corrected chi connectivity index (χ3v) is 4.52. The lowest BCUT2D eigenvalue weighted by atomic mass is 9.89. The highest BCUT2D eigenvalue weighted by atomic mass is 16.2. The number of rotatable bonds is 2. The van der Waals surface area contributed by atoms with E-state index in [1.54, 1.807) is 0 Å². The van der Waals surface area contributed by atoms with Crippen molar-refractivity contribution in [2.24, 2.45) is 0 Å². The zero-order chi connectivity index (χ0) is 13.9. The Labute approximate surface area is 120 Å². The van der Waals surface area contributed by atoms with Crippen molar-refractivity contribution in [3.8, 4) is 0 Å². The van der Waals surface area contributed by atoms with Gasteiger partial charge in [0.1, 0.15) is 0 Å². The fourth-order valence-corrected chi connectivity index (χ4v) is 3.22. The molecule has 1 saturated heterocycles. The second kappa shape index (κ2) is 5.94. The molecule has 1 fully saturated rings. The van der Waals surface area contributed by atoms with Crippen molar-refractivity contribution < 1.29 is 4.79 Å². The number of carbonyl (C=O) groups is 1. The Morgan fingerprint density at radius 1 is 1.25 bits per heavy atom. The minimum absolute atomic E-state index is 0.00636. The molecular formula is C16H23N3O. The molecule has 1 aromatic rings. The molecule has 0 aliphatic carbocycles. The summed E-state index contributed by atoms with van der Waals surface area (Å²) in [4.78, 5) is 17.2. The Morgan fingerprint density at radius 3 is 2.75 bits per heavy atom. The first-order valence-electron chi connectivity index (χ1n) is 7.59. The van der Waals surface area contributed by atoms with Gasteiger partial charge in [0.05, 0.1) is 5.92 Å². The van der Waals surface area contributed by atoms with E-state index in [1.807, 2.05) is 17.0 Å². The molecule has 1 aromatic carbocycles. The molecule has 1 atom stereocenters. The lowest BCUT2D eigenvalue weighted by Gasteiger charge is -2.37. The van der Waals surface area contributed by atoms with Crippen molar-refractivity contribution in [2.45, 2.75) is 19.4 Å². The van der Waals surface area contributed by atoms with Crippen molar-refractivity contribution in [1.82, 2.24) is 15.1 Å². The zero-order valence-electron chi connectivity index (χ0n) is 12.1. The molecule has 108 valence electrons. The SMILES string of the molecule is CCN1CCN(C(=O)C2CNCc3ccccc32)CC1. The van der Waals surface area contributed by atoms with Gasteiger partial charge in [0.25, 0.3) is 0 Å². The van der Waals surface area contributed by atoms with E-state index in [2.05, 4.69) is 29.3 Å². The van der Waals surface area contributed by atoms with Gasteiger partial charge in [-0.25, -0.2) is 0 Å². The van der Waals surface area contributed by atoms with Crippen LogP contribution >= 0.6 is 0 Å². The summed E-state index contributed by atoms with van der Waals surface area (Å²) in [5.41, 5.74) is 2.48. The first-order valence-corrected chi connectivity index (χ1v) is 7.59. The Hall–Kier alpha value is -1.39. The largest absolute Gasteiger partial charge is 0.340 e. The van der Waals surface area contributed by atoms with E-state index in [-0.39, 0.29) is 5.92 Å². The standard InChI is InChI=1S/C16H23N3O/c1-2-18-7-9-19(10-8-18)16(20)15-12-17-11-13-5-3-4-6-14(13)15/h3-6,15,17H,2,7-12H2,1H3. The number of nitrogens with zero attached hydrogens (tertiary/aromatic N) is 2. The van der Waals surface area contributed by atoms with Crippen LogP contribution in [0.5, 0.6) is 0 Å². The van der Waals surface area contributed by atoms with Gasteiger partial charge in [-0.2, -0.15) is 0 Å². The maximum absolute atomic E-state index is 12.8. The summed E-state index contributed by atoms with van der Waals surface area (Å²) in [6.45, 7) is 8.65. The molecule has 3 rings (SSSR count). The van der Waals surface area contributed by atoms with Crippen molar-refractivity contribution in [3.05, 3.63) is 35.4 Å². The second-order valence-corrected chi connectivity index (χ2v) is 5.64. The van der Waals surface area contributed by atoms with Gasteiger partial charge in [-0.3, -0.25) is 4.79 Å². The minimum Gasteiger partial charge on any atom is -0.340 e. The van der Waals surface area contributed by atoms with Crippen molar-refractivity contribution >= 4 is 5.91 Å². The number of benzene rings is 1. The van der Waals surface area contributed by atoms with Gasteiger partial charge >= 0.3 is 0 Å². The number of likely N-dealkylation sites (N-methyl/N-ethyl adjacent to an activating group) is 1. The highest BCUT2D eigenvalue weighted by Gasteiger charge is 2.31. The predicted octanol–water partition coefficient (Wildman–Crippen LogP) is 1.04. The number of nitrogens with one attached hydrogen (secondary N) is 1.